The Morgan fingerprint density at radius 2 is 1.90 bits per heavy atom. The zero-order valence-corrected chi connectivity index (χ0v) is 24.2. The van der Waals surface area contributed by atoms with Gasteiger partial charge >= 0.3 is 5.97 Å². The summed E-state index contributed by atoms with van der Waals surface area (Å²) in [4.78, 5) is 46.4. The lowest BCUT2D eigenvalue weighted by molar-refractivity contribution is -0.163. The van der Waals surface area contributed by atoms with Crippen LogP contribution in [-0.2, 0) is 30.3 Å². The predicted octanol–water partition coefficient (Wildman–Crippen LogP) is 3.82. The van der Waals surface area contributed by atoms with Crippen LogP contribution in [0.15, 0.2) is 55.6 Å². The van der Waals surface area contributed by atoms with Crippen molar-refractivity contribution in [3.63, 3.8) is 0 Å². The maximum atomic E-state index is 14.8. The molecule has 8 heteroatoms. The molecule has 2 unspecified atom stereocenters. The minimum absolute atomic E-state index is 0.0389. The lowest BCUT2D eigenvalue weighted by Crippen LogP contribution is -2.60. The van der Waals surface area contributed by atoms with E-state index in [1.165, 1.54) is 6.08 Å². The van der Waals surface area contributed by atoms with Gasteiger partial charge < -0.3 is 24.4 Å². The van der Waals surface area contributed by atoms with Crippen molar-refractivity contribution >= 4 is 17.8 Å². The van der Waals surface area contributed by atoms with Gasteiger partial charge in [-0.25, -0.2) is 0 Å². The molecule has 6 atom stereocenters. The minimum atomic E-state index is -1.17. The van der Waals surface area contributed by atoms with Gasteiger partial charge in [0.25, 0.3) is 0 Å². The third kappa shape index (κ3) is 4.93. The highest BCUT2D eigenvalue weighted by molar-refractivity contribution is 5.99. The number of ether oxygens (including phenoxy) is 2. The summed E-state index contributed by atoms with van der Waals surface area (Å²) in [6.07, 6.45) is 10.3. The molecule has 222 valence electrons. The molecule has 2 bridgehead atoms. The quantitative estimate of drug-likeness (QED) is 0.306. The first kappa shape index (κ1) is 29.5. The fourth-order valence-corrected chi connectivity index (χ4v) is 8.16. The monoisotopic (exact) mass is 564 g/mol. The summed E-state index contributed by atoms with van der Waals surface area (Å²) in [5, 5.41) is 10.7. The summed E-state index contributed by atoms with van der Waals surface area (Å²) < 4.78 is 12.4. The average molecular weight is 565 g/mol. The van der Waals surface area contributed by atoms with E-state index in [2.05, 4.69) is 13.2 Å². The Morgan fingerprint density at radius 3 is 2.54 bits per heavy atom. The van der Waals surface area contributed by atoms with E-state index in [4.69, 9.17) is 9.47 Å². The number of likely N-dealkylation sites (tertiary alicyclic amines) is 1. The van der Waals surface area contributed by atoms with E-state index in [9.17, 15) is 19.5 Å². The SMILES string of the molecule is C=CCOC(=O)[C@H]1[C@H]2C(=O)N([C@@H](CO)Cc3ccccc3)C(C(=O)N(CC=C)C3CCCCC3)C23CC[C@]1(CC)O3. The zero-order chi connectivity index (χ0) is 29.2. The highest BCUT2D eigenvalue weighted by atomic mass is 16.6. The van der Waals surface area contributed by atoms with Gasteiger partial charge in [-0.3, -0.25) is 14.4 Å². The molecular formula is C33H44N2O6. The Balaban J connectivity index is 1.60. The Kier molecular flexibility index (Phi) is 8.71. The molecule has 3 saturated heterocycles. The van der Waals surface area contributed by atoms with E-state index in [0.717, 1.165) is 37.7 Å². The number of nitrogens with zero attached hydrogens (tertiary/aromatic N) is 2. The molecule has 41 heavy (non-hydrogen) atoms. The molecule has 4 fully saturated rings. The zero-order valence-electron chi connectivity index (χ0n) is 24.2. The number of hydrogen-bond acceptors (Lipinski definition) is 6. The van der Waals surface area contributed by atoms with Crippen LogP contribution in [0.3, 0.4) is 0 Å². The summed E-state index contributed by atoms with van der Waals surface area (Å²) in [6.45, 7) is 9.64. The topological polar surface area (TPSA) is 96.4 Å². The van der Waals surface area contributed by atoms with Gasteiger partial charge in [-0.1, -0.05) is 75.2 Å². The van der Waals surface area contributed by atoms with Gasteiger partial charge in [-0.2, -0.15) is 0 Å². The number of amides is 2. The molecule has 5 rings (SSSR count). The molecular weight excluding hydrogens is 520 g/mol. The molecule has 2 amide bonds. The van der Waals surface area contributed by atoms with E-state index in [1.54, 1.807) is 11.0 Å². The fraction of sp³-hybridized carbons (Fsp3) is 0.606. The van der Waals surface area contributed by atoms with Crippen molar-refractivity contribution in [1.82, 2.24) is 9.80 Å². The molecule has 0 aromatic heterocycles. The van der Waals surface area contributed by atoms with Gasteiger partial charge in [0.2, 0.25) is 11.8 Å². The summed E-state index contributed by atoms with van der Waals surface area (Å²) in [6, 6.07) is 8.11. The fourth-order valence-electron chi connectivity index (χ4n) is 8.16. The van der Waals surface area contributed by atoms with Crippen LogP contribution in [0.25, 0.3) is 0 Å². The van der Waals surface area contributed by atoms with Crippen LogP contribution in [-0.4, -0.2) is 81.8 Å². The van der Waals surface area contributed by atoms with Crippen molar-refractivity contribution in [3.8, 4) is 0 Å². The summed E-state index contributed by atoms with van der Waals surface area (Å²) in [7, 11) is 0. The molecule has 1 saturated carbocycles. The first-order chi connectivity index (χ1) is 19.9. The van der Waals surface area contributed by atoms with E-state index in [1.807, 2.05) is 42.2 Å². The molecule has 1 aromatic carbocycles. The van der Waals surface area contributed by atoms with Gasteiger partial charge in [-0.15, -0.1) is 6.58 Å². The number of aliphatic hydroxyl groups is 1. The highest BCUT2D eigenvalue weighted by Gasteiger charge is 2.79. The molecule has 1 N–H and O–H groups in total. The molecule has 0 radical (unpaired) electrons. The van der Waals surface area contributed by atoms with Crippen molar-refractivity contribution in [2.45, 2.75) is 94.0 Å². The molecule has 1 aromatic rings. The van der Waals surface area contributed by atoms with Crippen molar-refractivity contribution < 1.29 is 29.0 Å². The maximum Gasteiger partial charge on any atom is 0.313 e. The first-order valence-electron chi connectivity index (χ1n) is 15.2. The molecule has 8 nitrogen and oxygen atoms in total. The van der Waals surface area contributed by atoms with Gasteiger partial charge in [0.05, 0.1) is 24.2 Å². The predicted molar refractivity (Wildman–Crippen MR) is 155 cm³/mol. The number of benzene rings is 1. The number of rotatable bonds is 12. The average Bonchev–Trinajstić information content (AvgIpc) is 3.61. The second-order valence-electron chi connectivity index (χ2n) is 12.1. The number of fused-ring (bicyclic) bond motifs is 1. The van der Waals surface area contributed by atoms with E-state index >= 15 is 0 Å². The van der Waals surface area contributed by atoms with Crippen molar-refractivity contribution in [2.75, 3.05) is 19.8 Å². The first-order valence-corrected chi connectivity index (χ1v) is 15.2. The molecule has 1 aliphatic carbocycles. The largest absolute Gasteiger partial charge is 0.461 e. The standard InChI is InChI=1S/C33H44N2O6/c1-4-19-34(24-15-11-8-12-16-24)30(38)28-33-18-17-32(6-3,41-33)27(31(39)40-20-5-2)26(33)29(37)35(28)25(22-36)21-23-13-9-7-10-14-23/h4-5,7,9-10,13-14,24-28,36H,1-2,6,8,11-12,15-22H2,3H3/t25-,26+,27-,28?,32+,33?/m1/s1. The highest BCUT2D eigenvalue weighted by Crippen LogP contribution is 2.65. The lowest BCUT2D eigenvalue weighted by Gasteiger charge is -2.42. The van der Waals surface area contributed by atoms with Crippen LogP contribution in [0, 0.1) is 11.8 Å². The van der Waals surface area contributed by atoms with Crippen molar-refractivity contribution in [2.24, 2.45) is 11.8 Å². The molecule has 3 heterocycles. The summed E-state index contributed by atoms with van der Waals surface area (Å²) in [5.74, 6) is -2.65. The van der Waals surface area contributed by atoms with E-state index in [0.29, 0.717) is 32.2 Å². The maximum absolute atomic E-state index is 14.8. The number of hydrogen-bond donors (Lipinski definition) is 1. The lowest BCUT2D eigenvalue weighted by atomic mass is 9.65. The molecule has 4 aliphatic rings. The van der Waals surface area contributed by atoms with Crippen LogP contribution in [0.5, 0.6) is 0 Å². The van der Waals surface area contributed by atoms with E-state index in [-0.39, 0.29) is 31.1 Å². The number of carbonyl (C=O) groups is 3. The van der Waals surface area contributed by atoms with Gasteiger partial charge in [-0.05, 0) is 44.1 Å². The van der Waals surface area contributed by atoms with Crippen LogP contribution in [0.4, 0.5) is 0 Å². The third-order valence-corrected chi connectivity index (χ3v) is 9.99. The second kappa shape index (κ2) is 12.1. The van der Waals surface area contributed by atoms with Crippen LogP contribution in [0.2, 0.25) is 0 Å². The van der Waals surface area contributed by atoms with Crippen molar-refractivity contribution in [3.05, 3.63) is 61.2 Å². The van der Waals surface area contributed by atoms with Crippen LogP contribution >= 0.6 is 0 Å². The molecule has 3 aliphatic heterocycles. The number of carbonyl (C=O) groups excluding carboxylic acids is 3. The van der Waals surface area contributed by atoms with Gasteiger partial charge in [0, 0.05) is 12.6 Å². The van der Waals surface area contributed by atoms with Crippen LogP contribution in [0.1, 0.15) is 63.9 Å². The Hall–Kier alpha value is -2.97. The van der Waals surface area contributed by atoms with Gasteiger partial charge in [0.15, 0.2) is 0 Å². The van der Waals surface area contributed by atoms with E-state index < -0.39 is 41.1 Å². The third-order valence-electron chi connectivity index (χ3n) is 9.99. The number of aliphatic hydroxyl groups excluding tert-OH is 1. The Morgan fingerprint density at radius 1 is 1.17 bits per heavy atom. The minimum Gasteiger partial charge on any atom is -0.461 e. The van der Waals surface area contributed by atoms with Crippen molar-refractivity contribution in [1.29, 1.82) is 0 Å². The van der Waals surface area contributed by atoms with Gasteiger partial charge in [0.1, 0.15) is 24.2 Å². The second-order valence-corrected chi connectivity index (χ2v) is 12.1. The Bertz CT molecular complexity index is 1150. The smallest absolute Gasteiger partial charge is 0.313 e. The molecule has 1 spiro atoms. The normalized spacial score (nSPS) is 31.5. The summed E-state index contributed by atoms with van der Waals surface area (Å²) >= 11 is 0. The summed E-state index contributed by atoms with van der Waals surface area (Å²) in [5.41, 5.74) is -1.08. The van der Waals surface area contributed by atoms with Crippen LogP contribution < -0.4 is 0 Å². The Labute approximate surface area is 243 Å². The number of esters is 1.